The van der Waals surface area contributed by atoms with Gasteiger partial charge in [0.2, 0.25) is 15.0 Å². The van der Waals surface area contributed by atoms with Crippen molar-refractivity contribution in [1.82, 2.24) is 15.3 Å². The van der Waals surface area contributed by atoms with Gasteiger partial charge >= 0.3 is 6.09 Å². The van der Waals surface area contributed by atoms with Crippen molar-refractivity contribution in [2.24, 2.45) is 0 Å². The molecule has 0 spiro atoms. The van der Waals surface area contributed by atoms with Crippen molar-refractivity contribution in [2.45, 2.75) is 44.4 Å². The van der Waals surface area contributed by atoms with Crippen LogP contribution in [0.2, 0.25) is 0 Å². The van der Waals surface area contributed by atoms with Crippen LogP contribution < -0.4 is 5.32 Å². The van der Waals surface area contributed by atoms with Gasteiger partial charge in [0, 0.05) is 18.9 Å². The predicted molar refractivity (Wildman–Crippen MR) is 77.6 cm³/mol. The zero-order chi connectivity index (χ0) is 15.9. The lowest BCUT2D eigenvalue weighted by Gasteiger charge is -2.19. The number of nitrogens with zero attached hydrogens (tertiary/aromatic N) is 2. The Hall–Kier alpha value is -1.70. The highest BCUT2D eigenvalue weighted by Crippen LogP contribution is 2.07. The smallest absolute Gasteiger partial charge is 0.407 e. The number of alkyl carbamates (subject to hydrolysis) is 1. The Kier molecular flexibility index (Phi) is 6.07. The molecule has 1 aromatic rings. The lowest BCUT2D eigenvalue weighted by Crippen LogP contribution is -2.33. The molecule has 0 aliphatic rings. The van der Waals surface area contributed by atoms with Crippen molar-refractivity contribution >= 4 is 15.9 Å². The minimum Gasteiger partial charge on any atom is -0.444 e. The largest absolute Gasteiger partial charge is 0.444 e. The molecular weight excluding hydrogens is 294 g/mol. The summed E-state index contributed by atoms with van der Waals surface area (Å²) in [6, 6.07) is 1.56. The van der Waals surface area contributed by atoms with E-state index in [-0.39, 0.29) is 10.9 Å². The molecule has 0 fully saturated rings. The average Bonchev–Trinajstić information content (AvgIpc) is 2.37. The molecule has 0 atom stereocenters. The van der Waals surface area contributed by atoms with E-state index in [1.54, 1.807) is 26.8 Å². The molecule has 7 nitrogen and oxygen atoms in total. The Morgan fingerprint density at radius 1 is 1.24 bits per heavy atom. The van der Waals surface area contributed by atoms with E-state index in [1.165, 1.54) is 12.4 Å². The van der Waals surface area contributed by atoms with Crippen molar-refractivity contribution in [3.8, 4) is 0 Å². The standard InChI is InChI=1S/C13H21N3O4S/c1-13(2,3)20-12(17)16-7-4-5-10-21(18,19)11-14-8-6-9-15-11/h6,8-9H,4-5,7,10H2,1-3H3,(H,16,17). The van der Waals surface area contributed by atoms with E-state index in [0.29, 0.717) is 19.4 Å². The third-order valence-electron chi connectivity index (χ3n) is 2.33. The molecule has 8 heteroatoms. The molecule has 0 aromatic carbocycles. The molecule has 1 amide bonds. The number of aromatic nitrogens is 2. The van der Waals surface area contributed by atoms with Gasteiger partial charge in [-0.1, -0.05) is 0 Å². The molecule has 118 valence electrons. The lowest BCUT2D eigenvalue weighted by atomic mass is 10.2. The Morgan fingerprint density at radius 2 is 1.86 bits per heavy atom. The summed E-state index contributed by atoms with van der Waals surface area (Å²) in [6.07, 6.45) is 3.23. The molecule has 1 rings (SSSR count). The second-order valence-electron chi connectivity index (χ2n) is 5.49. The van der Waals surface area contributed by atoms with Gasteiger partial charge in [-0.25, -0.2) is 23.2 Å². The third kappa shape index (κ3) is 7.03. The summed E-state index contributed by atoms with van der Waals surface area (Å²) in [5.74, 6) is -0.0486. The first-order chi connectivity index (χ1) is 9.71. The van der Waals surface area contributed by atoms with Crippen LogP contribution in [0, 0.1) is 0 Å². The zero-order valence-electron chi connectivity index (χ0n) is 12.5. The van der Waals surface area contributed by atoms with E-state index in [9.17, 15) is 13.2 Å². The number of amides is 1. The predicted octanol–water partition coefficient (Wildman–Crippen LogP) is 1.56. The van der Waals surface area contributed by atoms with E-state index in [2.05, 4.69) is 15.3 Å². The first kappa shape index (κ1) is 17.4. The first-order valence-corrected chi connectivity index (χ1v) is 8.32. The van der Waals surface area contributed by atoms with Crippen LogP contribution in [0.1, 0.15) is 33.6 Å². The molecule has 1 heterocycles. The van der Waals surface area contributed by atoms with Gasteiger partial charge in [0.05, 0.1) is 5.75 Å². The average molecular weight is 315 g/mol. The molecule has 0 saturated carbocycles. The molecule has 0 aliphatic carbocycles. The van der Waals surface area contributed by atoms with Gasteiger partial charge in [0.1, 0.15) is 5.60 Å². The van der Waals surface area contributed by atoms with Crippen LogP contribution in [0.25, 0.3) is 0 Å². The van der Waals surface area contributed by atoms with Crippen LogP contribution in [-0.4, -0.2) is 42.4 Å². The quantitative estimate of drug-likeness (QED) is 0.632. The zero-order valence-corrected chi connectivity index (χ0v) is 13.3. The first-order valence-electron chi connectivity index (χ1n) is 6.67. The summed E-state index contributed by atoms with van der Waals surface area (Å²) in [6.45, 7) is 5.69. The number of hydrogen-bond donors (Lipinski definition) is 1. The van der Waals surface area contributed by atoms with Gasteiger partial charge in [-0.05, 0) is 39.7 Å². The topological polar surface area (TPSA) is 98.2 Å². The third-order valence-corrected chi connectivity index (χ3v) is 3.92. The van der Waals surface area contributed by atoms with E-state index >= 15 is 0 Å². The minimum absolute atomic E-state index is 0.0486. The Morgan fingerprint density at radius 3 is 2.43 bits per heavy atom. The fraction of sp³-hybridized carbons (Fsp3) is 0.615. The molecule has 21 heavy (non-hydrogen) atoms. The number of carbonyl (C=O) groups is 1. The van der Waals surface area contributed by atoms with Crippen molar-refractivity contribution in [3.63, 3.8) is 0 Å². The molecule has 0 aliphatic heterocycles. The summed E-state index contributed by atoms with van der Waals surface area (Å²) < 4.78 is 28.8. The summed E-state index contributed by atoms with van der Waals surface area (Å²) >= 11 is 0. The second-order valence-corrected chi connectivity index (χ2v) is 7.49. The highest BCUT2D eigenvalue weighted by atomic mass is 32.2. The van der Waals surface area contributed by atoms with E-state index in [4.69, 9.17) is 4.74 Å². The number of carbonyl (C=O) groups excluding carboxylic acids is 1. The highest BCUT2D eigenvalue weighted by Gasteiger charge is 2.17. The van der Waals surface area contributed by atoms with Crippen LogP contribution in [0.4, 0.5) is 4.79 Å². The Labute approximate surface area is 125 Å². The van der Waals surface area contributed by atoms with Gasteiger partial charge in [0.25, 0.3) is 0 Å². The van der Waals surface area contributed by atoms with Gasteiger partial charge in [-0.15, -0.1) is 0 Å². The number of rotatable bonds is 6. The van der Waals surface area contributed by atoms with Crippen molar-refractivity contribution < 1.29 is 17.9 Å². The monoisotopic (exact) mass is 315 g/mol. The van der Waals surface area contributed by atoms with Crippen LogP contribution in [0.5, 0.6) is 0 Å². The fourth-order valence-electron chi connectivity index (χ4n) is 1.46. The van der Waals surface area contributed by atoms with Crippen molar-refractivity contribution in [2.75, 3.05) is 12.3 Å². The normalized spacial score (nSPS) is 12.0. The molecule has 0 bridgehead atoms. The summed E-state index contributed by atoms with van der Waals surface area (Å²) in [7, 11) is -3.46. The van der Waals surface area contributed by atoms with Crippen LogP contribution in [0.15, 0.2) is 23.6 Å². The molecule has 0 unspecified atom stereocenters. The molecular formula is C13H21N3O4S. The van der Waals surface area contributed by atoms with Gasteiger partial charge in [-0.2, -0.15) is 0 Å². The second kappa shape index (κ2) is 7.35. The summed E-state index contributed by atoms with van der Waals surface area (Å²) in [4.78, 5) is 18.8. The van der Waals surface area contributed by atoms with E-state index < -0.39 is 21.5 Å². The van der Waals surface area contributed by atoms with Crippen molar-refractivity contribution in [3.05, 3.63) is 18.5 Å². The molecule has 0 saturated heterocycles. The maximum atomic E-state index is 11.9. The van der Waals surface area contributed by atoms with E-state index in [1.807, 2.05) is 0 Å². The number of nitrogens with one attached hydrogen (secondary N) is 1. The lowest BCUT2D eigenvalue weighted by molar-refractivity contribution is 0.0527. The van der Waals surface area contributed by atoms with Crippen LogP contribution in [-0.2, 0) is 14.6 Å². The maximum Gasteiger partial charge on any atom is 0.407 e. The Bertz CT molecular complexity index is 553. The maximum absolute atomic E-state index is 11.9. The van der Waals surface area contributed by atoms with Crippen molar-refractivity contribution in [1.29, 1.82) is 0 Å². The van der Waals surface area contributed by atoms with Gasteiger partial charge in [-0.3, -0.25) is 0 Å². The molecule has 1 aromatic heterocycles. The summed E-state index contributed by atoms with van der Waals surface area (Å²) in [5, 5.41) is 2.42. The number of unbranched alkanes of at least 4 members (excludes halogenated alkanes) is 1. The van der Waals surface area contributed by atoms with E-state index in [0.717, 1.165) is 0 Å². The van der Waals surface area contributed by atoms with Crippen LogP contribution >= 0.6 is 0 Å². The number of hydrogen-bond acceptors (Lipinski definition) is 6. The highest BCUT2D eigenvalue weighted by molar-refractivity contribution is 7.91. The minimum atomic E-state index is -3.46. The fourth-order valence-corrected chi connectivity index (χ4v) is 2.67. The summed E-state index contributed by atoms with van der Waals surface area (Å²) in [5.41, 5.74) is -0.544. The SMILES string of the molecule is CC(C)(C)OC(=O)NCCCCS(=O)(=O)c1ncccn1. The molecule has 0 radical (unpaired) electrons. The van der Waals surface area contributed by atoms with Crippen LogP contribution in [0.3, 0.4) is 0 Å². The number of sulfone groups is 1. The molecule has 1 N–H and O–H groups in total. The van der Waals surface area contributed by atoms with Gasteiger partial charge in [0.15, 0.2) is 0 Å². The Balaban J connectivity index is 2.27. The number of ether oxygens (including phenoxy) is 1. The van der Waals surface area contributed by atoms with Gasteiger partial charge < -0.3 is 10.1 Å².